The van der Waals surface area contributed by atoms with E-state index in [0.717, 1.165) is 28.4 Å². The lowest BCUT2D eigenvalue weighted by Gasteiger charge is -2.03. The summed E-state index contributed by atoms with van der Waals surface area (Å²) in [6.07, 6.45) is 4.82. The summed E-state index contributed by atoms with van der Waals surface area (Å²) in [6, 6.07) is 13.9. The van der Waals surface area contributed by atoms with Gasteiger partial charge in [-0.2, -0.15) is 0 Å². The van der Waals surface area contributed by atoms with Crippen molar-refractivity contribution in [1.82, 2.24) is 9.97 Å². The van der Waals surface area contributed by atoms with E-state index in [9.17, 15) is 4.79 Å². The summed E-state index contributed by atoms with van der Waals surface area (Å²) in [5, 5.41) is 1.13. The number of aromatic nitrogens is 2. The first-order valence-corrected chi connectivity index (χ1v) is 6.09. The zero-order chi connectivity index (χ0) is 13.1. The monoisotopic (exact) mass is 248 g/mol. The first kappa shape index (κ1) is 11.5. The average molecular weight is 248 g/mol. The van der Waals surface area contributed by atoms with E-state index >= 15 is 0 Å². The van der Waals surface area contributed by atoms with Crippen molar-refractivity contribution in [3.8, 4) is 0 Å². The molecule has 0 aliphatic carbocycles. The predicted molar refractivity (Wildman–Crippen MR) is 74.2 cm³/mol. The molecule has 0 spiro atoms. The van der Waals surface area contributed by atoms with Crippen LogP contribution in [-0.2, 0) is 6.42 Å². The van der Waals surface area contributed by atoms with E-state index < -0.39 is 0 Å². The third-order valence-electron chi connectivity index (χ3n) is 2.99. The summed E-state index contributed by atoms with van der Waals surface area (Å²) in [5.41, 5.74) is 3.55. The van der Waals surface area contributed by atoms with Crippen LogP contribution in [0.2, 0.25) is 0 Å². The topological polar surface area (TPSA) is 42.9 Å². The number of pyridine rings is 2. The minimum absolute atomic E-state index is 0.596. The van der Waals surface area contributed by atoms with Crippen molar-refractivity contribution in [2.45, 2.75) is 6.42 Å². The Bertz CT molecular complexity index is 737. The highest BCUT2D eigenvalue weighted by Gasteiger charge is 2.01. The van der Waals surface area contributed by atoms with Gasteiger partial charge in [0.2, 0.25) is 0 Å². The van der Waals surface area contributed by atoms with E-state index in [4.69, 9.17) is 0 Å². The minimum Gasteiger partial charge on any atom is -0.298 e. The highest BCUT2D eigenvalue weighted by atomic mass is 16.1. The molecule has 0 saturated carbocycles. The van der Waals surface area contributed by atoms with Crippen molar-refractivity contribution in [2.24, 2.45) is 0 Å². The van der Waals surface area contributed by atoms with E-state index in [1.807, 2.05) is 36.4 Å². The summed E-state index contributed by atoms with van der Waals surface area (Å²) in [5.74, 6) is 0. The van der Waals surface area contributed by atoms with Gasteiger partial charge in [-0.05, 0) is 23.8 Å². The van der Waals surface area contributed by atoms with Gasteiger partial charge in [-0.25, -0.2) is 0 Å². The normalized spacial score (nSPS) is 10.5. The van der Waals surface area contributed by atoms with Crippen LogP contribution in [0.25, 0.3) is 10.9 Å². The molecule has 2 heterocycles. The van der Waals surface area contributed by atoms with Crippen LogP contribution < -0.4 is 0 Å². The number of fused-ring (bicyclic) bond motifs is 1. The van der Waals surface area contributed by atoms with Gasteiger partial charge in [0.15, 0.2) is 6.29 Å². The fourth-order valence-corrected chi connectivity index (χ4v) is 2.08. The fraction of sp³-hybridized carbons (Fsp3) is 0.0625. The van der Waals surface area contributed by atoms with E-state index in [1.165, 1.54) is 0 Å². The maximum Gasteiger partial charge on any atom is 0.151 e. The molecule has 0 N–H and O–H groups in total. The van der Waals surface area contributed by atoms with Gasteiger partial charge in [0.05, 0.1) is 5.52 Å². The number of carbonyl (C=O) groups excluding carboxylic acids is 1. The predicted octanol–water partition coefficient (Wildman–Crippen LogP) is 3.03. The molecule has 3 aromatic rings. The molecule has 0 aliphatic rings. The Kier molecular flexibility index (Phi) is 3.02. The van der Waals surface area contributed by atoms with Gasteiger partial charge in [0.25, 0.3) is 0 Å². The van der Waals surface area contributed by atoms with Crippen LogP contribution in [-0.4, -0.2) is 16.3 Å². The molecular weight excluding hydrogens is 236 g/mol. The molecule has 0 saturated heterocycles. The van der Waals surface area contributed by atoms with Gasteiger partial charge < -0.3 is 0 Å². The summed E-state index contributed by atoms with van der Waals surface area (Å²) < 4.78 is 0. The van der Waals surface area contributed by atoms with Crippen LogP contribution in [0.1, 0.15) is 21.6 Å². The molecule has 0 unspecified atom stereocenters. The summed E-state index contributed by atoms with van der Waals surface area (Å²) in [4.78, 5) is 19.4. The first-order chi connectivity index (χ1) is 9.35. The highest BCUT2D eigenvalue weighted by Crippen LogP contribution is 2.14. The molecule has 2 aromatic heterocycles. The third-order valence-corrected chi connectivity index (χ3v) is 2.99. The Morgan fingerprint density at radius 1 is 1.05 bits per heavy atom. The van der Waals surface area contributed by atoms with Gasteiger partial charge in [0, 0.05) is 35.5 Å². The molecule has 0 radical (unpaired) electrons. The summed E-state index contributed by atoms with van der Waals surface area (Å²) >= 11 is 0. The van der Waals surface area contributed by atoms with Gasteiger partial charge in [-0.15, -0.1) is 0 Å². The molecule has 1 aromatic carbocycles. The molecule has 3 heteroatoms. The van der Waals surface area contributed by atoms with Crippen molar-refractivity contribution < 1.29 is 4.79 Å². The number of aldehydes is 1. The van der Waals surface area contributed by atoms with Crippen LogP contribution in [0.3, 0.4) is 0 Å². The molecule has 3 rings (SSSR count). The van der Waals surface area contributed by atoms with Gasteiger partial charge in [-0.3, -0.25) is 14.8 Å². The maximum atomic E-state index is 10.7. The van der Waals surface area contributed by atoms with Crippen molar-refractivity contribution in [3.63, 3.8) is 0 Å². The van der Waals surface area contributed by atoms with E-state index in [1.54, 1.807) is 12.4 Å². The van der Waals surface area contributed by atoms with Crippen molar-refractivity contribution in [2.75, 3.05) is 0 Å². The maximum absolute atomic E-state index is 10.7. The van der Waals surface area contributed by atoms with Crippen LogP contribution in [0, 0.1) is 0 Å². The number of hydrogen-bond donors (Lipinski definition) is 0. The summed E-state index contributed by atoms with van der Waals surface area (Å²) in [7, 11) is 0. The van der Waals surface area contributed by atoms with Crippen LogP contribution in [0.4, 0.5) is 0 Å². The Balaban J connectivity index is 1.94. The van der Waals surface area contributed by atoms with E-state index in [2.05, 4.69) is 16.0 Å². The number of rotatable bonds is 3. The van der Waals surface area contributed by atoms with E-state index in [0.29, 0.717) is 12.0 Å². The Morgan fingerprint density at radius 2 is 1.95 bits per heavy atom. The first-order valence-electron chi connectivity index (χ1n) is 6.09. The highest BCUT2D eigenvalue weighted by molar-refractivity contribution is 5.78. The van der Waals surface area contributed by atoms with Crippen LogP contribution in [0.15, 0.2) is 54.9 Å². The number of benzene rings is 1. The SMILES string of the molecule is O=Cc1cncc(Cc2ccc3ccccc3n2)c1. The second kappa shape index (κ2) is 4.98. The molecule has 0 amide bonds. The number of carbonyl (C=O) groups is 1. The molecule has 92 valence electrons. The quantitative estimate of drug-likeness (QED) is 0.669. The zero-order valence-electron chi connectivity index (χ0n) is 10.3. The van der Waals surface area contributed by atoms with Gasteiger partial charge >= 0.3 is 0 Å². The van der Waals surface area contributed by atoms with E-state index in [-0.39, 0.29) is 0 Å². The average Bonchev–Trinajstić information content (AvgIpc) is 2.47. The number of hydrogen-bond acceptors (Lipinski definition) is 3. The Morgan fingerprint density at radius 3 is 2.84 bits per heavy atom. The zero-order valence-corrected chi connectivity index (χ0v) is 10.3. The molecule has 0 fully saturated rings. The smallest absolute Gasteiger partial charge is 0.151 e. The lowest BCUT2D eigenvalue weighted by atomic mass is 10.1. The van der Waals surface area contributed by atoms with Gasteiger partial charge in [-0.1, -0.05) is 24.3 Å². The Labute approximate surface area is 111 Å². The molecule has 0 aliphatic heterocycles. The standard InChI is InChI=1S/C16H12N2O/c19-11-13-7-12(9-17-10-13)8-15-6-5-14-3-1-2-4-16(14)18-15/h1-7,9-11H,8H2. The number of para-hydroxylation sites is 1. The van der Waals surface area contributed by atoms with Gasteiger partial charge in [0.1, 0.15) is 0 Å². The molecular formula is C16H12N2O. The molecule has 19 heavy (non-hydrogen) atoms. The van der Waals surface area contributed by atoms with Crippen LogP contribution in [0.5, 0.6) is 0 Å². The molecule has 0 atom stereocenters. The number of nitrogens with zero attached hydrogens (tertiary/aromatic N) is 2. The molecule has 3 nitrogen and oxygen atoms in total. The third kappa shape index (κ3) is 2.50. The summed E-state index contributed by atoms with van der Waals surface area (Å²) in [6.45, 7) is 0. The van der Waals surface area contributed by atoms with Crippen molar-refractivity contribution in [1.29, 1.82) is 0 Å². The second-order valence-corrected chi connectivity index (χ2v) is 4.42. The Hall–Kier alpha value is -2.55. The second-order valence-electron chi connectivity index (χ2n) is 4.42. The minimum atomic E-state index is 0.596. The van der Waals surface area contributed by atoms with Crippen molar-refractivity contribution >= 4 is 17.2 Å². The van der Waals surface area contributed by atoms with Crippen molar-refractivity contribution in [3.05, 3.63) is 71.7 Å². The van der Waals surface area contributed by atoms with Crippen LogP contribution >= 0.6 is 0 Å². The molecule has 0 bridgehead atoms. The lowest BCUT2D eigenvalue weighted by molar-refractivity contribution is 0.112. The lowest BCUT2D eigenvalue weighted by Crippen LogP contribution is -1.95. The fourth-order valence-electron chi connectivity index (χ4n) is 2.08. The largest absolute Gasteiger partial charge is 0.298 e.